The Morgan fingerprint density at radius 3 is 2.36 bits per heavy atom. The molecule has 2 atom stereocenters. The van der Waals surface area contributed by atoms with Crippen molar-refractivity contribution in [3.05, 3.63) is 0 Å². The highest BCUT2D eigenvalue weighted by Crippen LogP contribution is 1.94. The van der Waals surface area contributed by atoms with E-state index in [1.165, 1.54) is 14.0 Å². The van der Waals surface area contributed by atoms with Crippen LogP contribution in [0.25, 0.3) is 0 Å². The first kappa shape index (κ1) is 13.1. The first-order chi connectivity index (χ1) is 6.47. The van der Waals surface area contributed by atoms with Crippen LogP contribution in [0.2, 0.25) is 0 Å². The molecular weight excluding hydrogens is 204 g/mol. The van der Waals surface area contributed by atoms with Crippen LogP contribution in [0.4, 0.5) is 0 Å². The van der Waals surface area contributed by atoms with Crippen molar-refractivity contribution in [3.8, 4) is 0 Å². The summed E-state index contributed by atoms with van der Waals surface area (Å²) >= 11 is 0. The van der Waals surface area contributed by atoms with Gasteiger partial charge in [0.1, 0.15) is 6.04 Å². The average Bonchev–Trinajstić information content (AvgIpc) is 2.10. The Balaban J connectivity index is 4.17. The molecular formula is C8H16N2O3S. The molecule has 2 N–H and O–H groups in total. The highest BCUT2D eigenvalue weighted by molar-refractivity contribution is 7.84. The first-order valence-corrected chi connectivity index (χ1v) is 5.98. The van der Waals surface area contributed by atoms with Crippen molar-refractivity contribution in [3.63, 3.8) is 0 Å². The van der Waals surface area contributed by atoms with Gasteiger partial charge < -0.3 is 10.6 Å². The van der Waals surface area contributed by atoms with Crippen molar-refractivity contribution in [1.29, 1.82) is 0 Å². The van der Waals surface area contributed by atoms with E-state index in [1.54, 1.807) is 6.26 Å². The minimum Gasteiger partial charge on any atom is -0.357 e. The predicted octanol–water partition coefficient (Wildman–Crippen LogP) is -0.994. The Kier molecular flexibility index (Phi) is 6.11. The summed E-state index contributed by atoms with van der Waals surface area (Å²) < 4.78 is 10.8. The molecule has 0 aromatic heterocycles. The fourth-order valence-corrected chi connectivity index (χ4v) is 1.54. The first-order valence-electron chi connectivity index (χ1n) is 4.26. The quantitative estimate of drug-likeness (QED) is 0.624. The Morgan fingerprint density at radius 2 is 2.00 bits per heavy atom. The smallest absolute Gasteiger partial charge is 0.242 e. The average molecular weight is 220 g/mol. The zero-order chi connectivity index (χ0) is 11.1. The molecule has 82 valence electrons. The van der Waals surface area contributed by atoms with E-state index in [2.05, 4.69) is 10.6 Å². The lowest BCUT2D eigenvalue weighted by molar-refractivity contribution is -0.127. The summed E-state index contributed by atoms with van der Waals surface area (Å²) in [4.78, 5) is 22.0. The molecule has 0 aromatic carbocycles. The van der Waals surface area contributed by atoms with E-state index in [1.807, 2.05) is 0 Å². The van der Waals surface area contributed by atoms with Gasteiger partial charge in [-0.1, -0.05) is 0 Å². The SMILES string of the molecule is CNC(=O)[C@H](CC[S@@](C)=O)NC(C)=O. The van der Waals surface area contributed by atoms with E-state index in [0.29, 0.717) is 12.2 Å². The molecule has 0 aliphatic carbocycles. The van der Waals surface area contributed by atoms with Crippen molar-refractivity contribution in [2.24, 2.45) is 0 Å². The zero-order valence-electron chi connectivity index (χ0n) is 8.62. The van der Waals surface area contributed by atoms with Crippen molar-refractivity contribution in [2.75, 3.05) is 19.1 Å². The second-order valence-electron chi connectivity index (χ2n) is 2.93. The monoisotopic (exact) mass is 220 g/mol. The van der Waals surface area contributed by atoms with Crippen molar-refractivity contribution < 1.29 is 13.8 Å². The molecule has 0 aromatic rings. The Morgan fingerprint density at radius 1 is 1.43 bits per heavy atom. The lowest BCUT2D eigenvalue weighted by Crippen LogP contribution is -2.45. The summed E-state index contributed by atoms with van der Waals surface area (Å²) in [5, 5.41) is 4.94. The Bertz CT molecular complexity index is 243. The van der Waals surface area contributed by atoms with Gasteiger partial charge in [-0.3, -0.25) is 13.8 Å². The maximum Gasteiger partial charge on any atom is 0.242 e. The molecule has 0 saturated carbocycles. The minimum absolute atomic E-state index is 0.259. The van der Waals surface area contributed by atoms with Gasteiger partial charge in [-0.05, 0) is 6.42 Å². The molecule has 0 unspecified atom stereocenters. The van der Waals surface area contributed by atoms with Gasteiger partial charge in [-0.2, -0.15) is 0 Å². The maximum atomic E-state index is 11.2. The number of rotatable bonds is 5. The van der Waals surface area contributed by atoms with E-state index in [0.717, 1.165) is 0 Å². The molecule has 0 spiro atoms. The summed E-state index contributed by atoms with van der Waals surface area (Å²) in [6.45, 7) is 1.35. The highest BCUT2D eigenvalue weighted by atomic mass is 32.2. The summed E-state index contributed by atoms with van der Waals surface area (Å²) in [7, 11) is 0.549. The molecule has 0 bridgehead atoms. The predicted molar refractivity (Wildman–Crippen MR) is 55.2 cm³/mol. The van der Waals surface area contributed by atoms with Gasteiger partial charge in [-0.15, -0.1) is 0 Å². The van der Waals surface area contributed by atoms with Crippen LogP contribution in [0.15, 0.2) is 0 Å². The van der Waals surface area contributed by atoms with Crippen LogP contribution in [0.5, 0.6) is 0 Å². The summed E-state index contributed by atoms with van der Waals surface area (Å²) in [6.07, 6.45) is 1.96. The summed E-state index contributed by atoms with van der Waals surface area (Å²) in [5.41, 5.74) is 0. The van der Waals surface area contributed by atoms with Gasteiger partial charge in [-0.25, -0.2) is 0 Å². The fraction of sp³-hybridized carbons (Fsp3) is 0.750. The summed E-state index contributed by atoms with van der Waals surface area (Å²) in [6, 6.07) is -0.582. The molecule has 0 fully saturated rings. The third-order valence-electron chi connectivity index (χ3n) is 1.63. The van der Waals surface area contributed by atoms with E-state index < -0.39 is 16.8 Å². The topological polar surface area (TPSA) is 75.3 Å². The number of amides is 2. The van der Waals surface area contributed by atoms with Gasteiger partial charge in [0.2, 0.25) is 11.8 Å². The zero-order valence-corrected chi connectivity index (χ0v) is 9.44. The fourth-order valence-electron chi connectivity index (χ4n) is 0.972. The van der Waals surface area contributed by atoms with E-state index >= 15 is 0 Å². The van der Waals surface area contributed by atoms with Crippen LogP contribution in [0.1, 0.15) is 13.3 Å². The molecule has 14 heavy (non-hydrogen) atoms. The van der Waals surface area contributed by atoms with Crippen molar-refractivity contribution in [2.45, 2.75) is 19.4 Å². The third kappa shape index (κ3) is 5.69. The molecule has 0 aliphatic heterocycles. The van der Waals surface area contributed by atoms with Crippen LogP contribution in [-0.4, -0.2) is 41.1 Å². The third-order valence-corrected chi connectivity index (χ3v) is 2.44. The second kappa shape index (κ2) is 6.53. The number of likely N-dealkylation sites (N-methyl/N-ethyl adjacent to an activating group) is 1. The van der Waals surface area contributed by atoms with E-state index in [9.17, 15) is 13.8 Å². The lowest BCUT2D eigenvalue weighted by atomic mass is 10.2. The van der Waals surface area contributed by atoms with Crippen molar-refractivity contribution in [1.82, 2.24) is 10.6 Å². The van der Waals surface area contributed by atoms with Crippen LogP contribution < -0.4 is 10.6 Å². The van der Waals surface area contributed by atoms with Crippen LogP contribution >= 0.6 is 0 Å². The molecule has 6 heteroatoms. The molecule has 0 radical (unpaired) electrons. The normalized spacial score (nSPS) is 14.2. The van der Waals surface area contributed by atoms with Crippen molar-refractivity contribution >= 4 is 22.6 Å². The molecule has 2 amide bonds. The second-order valence-corrected chi connectivity index (χ2v) is 4.49. The van der Waals surface area contributed by atoms with Gasteiger partial charge in [0.25, 0.3) is 0 Å². The van der Waals surface area contributed by atoms with Crippen LogP contribution in [-0.2, 0) is 20.4 Å². The van der Waals surface area contributed by atoms with E-state index in [-0.39, 0.29) is 11.8 Å². The standard InChI is InChI=1S/C8H16N2O3S/c1-6(11)10-7(8(12)9-2)4-5-14(3)13/h7H,4-5H2,1-3H3,(H,9,12)(H,10,11)/t7-,14+/m0/s1. The number of carbonyl (C=O) groups is 2. The van der Waals surface area contributed by atoms with Crippen LogP contribution in [0.3, 0.4) is 0 Å². The number of hydrogen-bond donors (Lipinski definition) is 2. The lowest BCUT2D eigenvalue weighted by Gasteiger charge is -2.15. The maximum absolute atomic E-state index is 11.2. The largest absolute Gasteiger partial charge is 0.357 e. The molecule has 0 saturated heterocycles. The number of carbonyl (C=O) groups excluding carboxylic acids is 2. The van der Waals surface area contributed by atoms with Crippen LogP contribution in [0, 0.1) is 0 Å². The number of hydrogen-bond acceptors (Lipinski definition) is 3. The van der Waals surface area contributed by atoms with E-state index in [4.69, 9.17) is 0 Å². The molecule has 5 nitrogen and oxygen atoms in total. The Hall–Kier alpha value is -0.910. The molecule has 0 rings (SSSR count). The summed E-state index contributed by atoms with van der Waals surface area (Å²) in [5.74, 6) is -0.121. The highest BCUT2D eigenvalue weighted by Gasteiger charge is 2.17. The molecule has 0 aliphatic rings. The Labute approximate surface area is 86.1 Å². The van der Waals surface area contributed by atoms with Gasteiger partial charge in [0.15, 0.2) is 0 Å². The van der Waals surface area contributed by atoms with Gasteiger partial charge in [0.05, 0.1) is 0 Å². The molecule has 0 heterocycles. The number of nitrogens with one attached hydrogen (secondary N) is 2. The van der Waals surface area contributed by atoms with Gasteiger partial charge >= 0.3 is 0 Å². The minimum atomic E-state index is -0.951. The van der Waals surface area contributed by atoms with Gasteiger partial charge in [0, 0.05) is 36.8 Å².